The van der Waals surface area contributed by atoms with E-state index < -0.39 is 0 Å². The van der Waals surface area contributed by atoms with Gasteiger partial charge < -0.3 is 5.11 Å². The van der Waals surface area contributed by atoms with Crippen molar-refractivity contribution in [3.63, 3.8) is 0 Å². The monoisotopic (exact) mass is 336 g/mol. The third kappa shape index (κ3) is 3.78. The maximum atomic E-state index is 10.5. The van der Waals surface area contributed by atoms with Crippen molar-refractivity contribution in [1.82, 2.24) is 9.80 Å². The molecule has 2 aromatic carbocycles. The molecular formula is C22H28N2O. The predicted octanol–water partition coefficient (Wildman–Crippen LogP) is 4.06. The van der Waals surface area contributed by atoms with E-state index >= 15 is 0 Å². The van der Waals surface area contributed by atoms with E-state index in [0.29, 0.717) is 17.8 Å². The summed E-state index contributed by atoms with van der Waals surface area (Å²) in [4.78, 5) is 5.00. The summed E-state index contributed by atoms with van der Waals surface area (Å²) >= 11 is 0. The highest BCUT2D eigenvalue weighted by molar-refractivity contribution is 5.41. The molecule has 2 aromatic rings. The van der Waals surface area contributed by atoms with Crippen molar-refractivity contribution < 1.29 is 5.11 Å². The van der Waals surface area contributed by atoms with Gasteiger partial charge in [-0.25, -0.2) is 0 Å². The smallest absolute Gasteiger partial charge is 0.120 e. The molecule has 3 atom stereocenters. The number of hydrogen-bond acceptors (Lipinski definition) is 3. The Morgan fingerprint density at radius 3 is 2.40 bits per heavy atom. The van der Waals surface area contributed by atoms with Crippen molar-refractivity contribution in [2.45, 2.75) is 32.0 Å². The minimum atomic E-state index is 0.0609. The molecule has 1 heterocycles. The van der Waals surface area contributed by atoms with Crippen molar-refractivity contribution in [3.8, 4) is 5.75 Å². The molecule has 0 amide bonds. The van der Waals surface area contributed by atoms with Crippen LogP contribution in [0.3, 0.4) is 0 Å². The predicted molar refractivity (Wildman–Crippen MR) is 104 cm³/mol. The van der Waals surface area contributed by atoms with Crippen LogP contribution >= 0.6 is 0 Å². The first-order valence-corrected chi connectivity index (χ1v) is 9.05. The van der Waals surface area contributed by atoms with Crippen LogP contribution in [0.4, 0.5) is 0 Å². The zero-order valence-electron chi connectivity index (χ0n) is 15.2. The minimum absolute atomic E-state index is 0.0609. The third-order valence-electron chi connectivity index (χ3n) is 5.21. The molecule has 132 valence electrons. The average Bonchev–Trinajstić information content (AvgIpc) is 2.62. The van der Waals surface area contributed by atoms with Gasteiger partial charge in [0.15, 0.2) is 0 Å². The highest BCUT2D eigenvalue weighted by Gasteiger charge is 2.35. The number of phenols is 1. The number of para-hydroxylation sites is 1. The fourth-order valence-electron chi connectivity index (χ4n) is 3.91. The lowest BCUT2D eigenvalue weighted by Crippen LogP contribution is -2.57. The molecule has 1 aliphatic rings. The quantitative estimate of drug-likeness (QED) is 0.834. The van der Waals surface area contributed by atoms with Gasteiger partial charge in [0.2, 0.25) is 0 Å². The molecule has 0 aromatic heterocycles. The lowest BCUT2D eigenvalue weighted by atomic mass is 9.93. The Balaban J connectivity index is 1.98. The van der Waals surface area contributed by atoms with Crippen LogP contribution in [-0.4, -0.2) is 46.6 Å². The number of rotatable bonds is 5. The molecule has 1 fully saturated rings. The summed E-state index contributed by atoms with van der Waals surface area (Å²) in [5.41, 5.74) is 2.20. The van der Waals surface area contributed by atoms with Crippen molar-refractivity contribution in [1.29, 1.82) is 0 Å². The van der Waals surface area contributed by atoms with E-state index in [4.69, 9.17) is 0 Å². The summed E-state index contributed by atoms with van der Waals surface area (Å²) < 4.78 is 0. The number of phenolic OH excluding ortho intramolecular Hbond substituents is 1. The Hall–Kier alpha value is -2.10. The second-order valence-electron chi connectivity index (χ2n) is 7.01. The first kappa shape index (κ1) is 17.7. The van der Waals surface area contributed by atoms with Crippen LogP contribution in [0.25, 0.3) is 0 Å². The Labute approximate surface area is 151 Å². The highest BCUT2D eigenvalue weighted by Crippen LogP contribution is 2.37. The van der Waals surface area contributed by atoms with Gasteiger partial charge in [-0.15, -0.1) is 6.58 Å². The van der Waals surface area contributed by atoms with Gasteiger partial charge >= 0.3 is 0 Å². The van der Waals surface area contributed by atoms with E-state index in [1.807, 2.05) is 30.3 Å². The van der Waals surface area contributed by atoms with E-state index in [1.54, 1.807) is 6.07 Å². The van der Waals surface area contributed by atoms with Crippen LogP contribution in [-0.2, 0) is 0 Å². The lowest BCUT2D eigenvalue weighted by Gasteiger charge is -2.47. The van der Waals surface area contributed by atoms with Gasteiger partial charge in [-0.2, -0.15) is 0 Å². The standard InChI is InChI=1S/C22H28N2O/c1-4-14-23-15-18(3)24(16-17(23)2)22(19-10-6-5-7-11-19)20-12-8-9-13-21(20)25/h4-13,17-18,22,25H,1,14-16H2,2-3H3/t17-,18+,22+/m0/s1. The molecule has 1 N–H and O–H groups in total. The Morgan fingerprint density at radius 1 is 1.04 bits per heavy atom. The summed E-state index contributed by atoms with van der Waals surface area (Å²) in [5, 5.41) is 10.5. The molecule has 3 rings (SSSR count). The van der Waals surface area contributed by atoms with E-state index in [-0.39, 0.29) is 6.04 Å². The van der Waals surface area contributed by atoms with Gasteiger partial charge in [0, 0.05) is 37.3 Å². The Bertz CT molecular complexity index is 700. The maximum absolute atomic E-state index is 10.5. The normalized spacial score (nSPS) is 23.3. The van der Waals surface area contributed by atoms with Crippen LogP contribution in [0, 0.1) is 0 Å². The minimum Gasteiger partial charge on any atom is -0.508 e. The van der Waals surface area contributed by atoms with Crippen molar-refractivity contribution in [3.05, 3.63) is 78.4 Å². The van der Waals surface area contributed by atoms with E-state index in [9.17, 15) is 5.11 Å². The average molecular weight is 336 g/mol. The van der Waals surface area contributed by atoms with Crippen LogP contribution < -0.4 is 0 Å². The topological polar surface area (TPSA) is 26.7 Å². The van der Waals surface area contributed by atoms with Crippen molar-refractivity contribution in [2.75, 3.05) is 19.6 Å². The fourth-order valence-corrected chi connectivity index (χ4v) is 3.91. The van der Waals surface area contributed by atoms with Gasteiger partial charge in [-0.1, -0.05) is 54.6 Å². The molecule has 0 aliphatic carbocycles. The largest absolute Gasteiger partial charge is 0.508 e. The molecule has 0 spiro atoms. The highest BCUT2D eigenvalue weighted by atomic mass is 16.3. The fraction of sp³-hybridized carbons (Fsp3) is 0.364. The molecule has 3 heteroatoms. The van der Waals surface area contributed by atoms with Crippen molar-refractivity contribution >= 4 is 0 Å². The maximum Gasteiger partial charge on any atom is 0.120 e. The van der Waals surface area contributed by atoms with Gasteiger partial charge in [0.1, 0.15) is 5.75 Å². The summed E-state index contributed by atoms with van der Waals surface area (Å²) in [5.74, 6) is 0.365. The Morgan fingerprint density at radius 2 is 1.72 bits per heavy atom. The summed E-state index contributed by atoms with van der Waals surface area (Å²) in [6.07, 6.45) is 1.98. The van der Waals surface area contributed by atoms with Crippen LogP contribution in [0.15, 0.2) is 67.3 Å². The van der Waals surface area contributed by atoms with Crippen molar-refractivity contribution in [2.24, 2.45) is 0 Å². The van der Waals surface area contributed by atoms with Gasteiger partial charge in [-0.3, -0.25) is 9.80 Å². The van der Waals surface area contributed by atoms with Gasteiger partial charge in [0.25, 0.3) is 0 Å². The third-order valence-corrected chi connectivity index (χ3v) is 5.21. The molecule has 1 aliphatic heterocycles. The molecule has 25 heavy (non-hydrogen) atoms. The molecular weight excluding hydrogens is 308 g/mol. The van der Waals surface area contributed by atoms with E-state index in [2.05, 4.69) is 54.5 Å². The second-order valence-corrected chi connectivity index (χ2v) is 7.01. The lowest BCUT2D eigenvalue weighted by molar-refractivity contribution is 0.0301. The first-order valence-electron chi connectivity index (χ1n) is 9.05. The summed E-state index contributed by atoms with van der Waals surface area (Å²) in [6.45, 7) is 11.3. The molecule has 0 radical (unpaired) electrons. The molecule has 0 saturated carbocycles. The SMILES string of the molecule is C=CCN1C[C@@H](C)N([C@H](c2ccccc2)c2ccccc2O)C[C@@H]1C. The molecule has 1 saturated heterocycles. The zero-order valence-corrected chi connectivity index (χ0v) is 15.2. The number of benzene rings is 2. The van der Waals surface area contributed by atoms with Gasteiger partial charge in [-0.05, 0) is 25.5 Å². The number of hydrogen-bond donors (Lipinski definition) is 1. The Kier molecular flexibility index (Phi) is 5.57. The molecule has 0 bridgehead atoms. The molecule has 3 nitrogen and oxygen atoms in total. The zero-order chi connectivity index (χ0) is 17.8. The summed E-state index contributed by atoms with van der Waals surface area (Å²) in [6, 6.07) is 19.1. The first-order chi connectivity index (χ1) is 12.1. The molecule has 0 unspecified atom stereocenters. The van der Waals surface area contributed by atoms with E-state index in [1.165, 1.54) is 5.56 Å². The number of piperazine rings is 1. The van der Waals surface area contributed by atoms with Gasteiger partial charge in [0.05, 0.1) is 6.04 Å². The van der Waals surface area contributed by atoms with Crippen LogP contribution in [0.1, 0.15) is 31.0 Å². The van der Waals surface area contributed by atoms with E-state index in [0.717, 1.165) is 25.2 Å². The summed E-state index contributed by atoms with van der Waals surface area (Å²) in [7, 11) is 0. The second kappa shape index (κ2) is 7.85. The number of nitrogens with zero attached hydrogens (tertiary/aromatic N) is 2. The van der Waals surface area contributed by atoms with Crippen LogP contribution in [0.5, 0.6) is 5.75 Å². The van der Waals surface area contributed by atoms with Crippen LogP contribution in [0.2, 0.25) is 0 Å². The number of aromatic hydroxyl groups is 1.